The van der Waals surface area contributed by atoms with Crippen LogP contribution in [0.25, 0.3) is 0 Å². The number of anilines is 1. The van der Waals surface area contributed by atoms with Crippen molar-refractivity contribution < 1.29 is 18.3 Å². The van der Waals surface area contributed by atoms with Gasteiger partial charge in [-0.3, -0.25) is 0 Å². The van der Waals surface area contributed by atoms with Gasteiger partial charge in [0.05, 0.1) is 11.5 Å². The fraction of sp³-hybridized carbons (Fsp3) is 0.455. The summed E-state index contributed by atoms with van der Waals surface area (Å²) in [5.74, 6) is -0.504. The van der Waals surface area contributed by atoms with Gasteiger partial charge < -0.3 is 10.4 Å². The molecule has 1 aromatic rings. The van der Waals surface area contributed by atoms with Crippen molar-refractivity contribution in [1.29, 1.82) is 0 Å². The van der Waals surface area contributed by atoms with Crippen molar-refractivity contribution in [3.8, 4) is 0 Å². The van der Waals surface area contributed by atoms with E-state index < -0.39 is 15.8 Å². The van der Waals surface area contributed by atoms with Crippen LogP contribution >= 0.6 is 0 Å². The molecule has 1 aliphatic heterocycles. The van der Waals surface area contributed by atoms with E-state index in [1.807, 2.05) is 6.92 Å². The van der Waals surface area contributed by atoms with Crippen LogP contribution in [0.2, 0.25) is 0 Å². The molecule has 1 aromatic heterocycles. The predicted molar refractivity (Wildman–Crippen MR) is 66.4 cm³/mol. The Morgan fingerprint density at radius 3 is 2.72 bits per heavy atom. The normalized spacial score (nSPS) is 25.8. The molecule has 18 heavy (non-hydrogen) atoms. The van der Waals surface area contributed by atoms with Crippen LogP contribution in [-0.4, -0.2) is 42.0 Å². The number of rotatable bonds is 3. The number of aromatic carboxylic acids is 1. The predicted octanol–water partition coefficient (Wildman–Crippen LogP) is 0.625. The molecule has 0 spiro atoms. The molecule has 0 aliphatic carbocycles. The average molecular weight is 270 g/mol. The number of nitrogens with zero attached hydrogens (tertiary/aromatic N) is 1. The first kappa shape index (κ1) is 12.8. The Morgan fingerprint density at radius 2 is 2.17 bits per heavy atom. The van der Waals surface area contributed by atoms with E-state index in [0.717, 1.165) is 0 Å². The van der Waals surface area contributed by atoms with E-state index in [1.54, 1.807) is 12.1 Å². The summed E-state index contributed by atoms with van der Waals surface area (Å²) in [4.78, 5) is 14.7. The molecular formula is C11H14N2O4S. The zero-order valence-corrected chi connectivity index (χ0v) is 10.6. The maximum atomic E-state index is 11.5. The van der Waals surface area contributed by atoms with Crippen LogP contribution in [0.1, 0.15) is 17.4 Å². The van der Waals surface area contributed by atoms with Gasteiger partial charge in [0.25, 0.3) is 0 Å². The Kier molecular flexibility index (Phi) is 3.25. The molecule has 0 radical (unpaired) electrons. The lowest BCUT2D eigenvalue weighted by molar-refractivity contribution is 0.0690. The quantitative estimate of drug-likeness (QED) is 0.836. The van der Waals surface area contributed by atoms with Crippen LogP contribution < -0.4 is 5.32 Å². The van der Waals surface area contributed by atoms with Crippen molar-refractivity contribution in [1.82, 2.24) is 4.98 Å². The first-order valence-electron chi connectivity index (χ1n) is 5.55. The van der Waals surface area contributed by atoms with Gasteiger partial charge in [-0.1, -0.05) is 13.0 Å². The van der Waals surface area contributed by atoms with Gasteiger partial charge in [-0.25, -0.2) is 18.2 Å². The Bertz CT molecular complexity index is 570. The van der Waals surface area contributed by atoms with Crippen LogP contribution in [0.4, 0.5) is 5.82 Å². The summed E-state index contributed by atoms with van der Waals surface area (Å²) < 4.78 is 22.9. The minimum Gasteiger partial charge on any atom is -0.477 e. The number of pyridine rings is 1. The van der Waals surface area contributed by atoms with Crippen molar-refractivity contribution >= 4 is 21.6 Å². The molecule has 2 rings (SSSR count). The second-order valence-electron chi connectivity index (χ2n) is 4.52. The molecular weight excluding hydrogens is 256 g/mol. The van der Waals surface area contributed by atoms with E-state index in [9.17, 15) is 13.2 Å². The largest absolute Gasteiger partial charge is 0.477 e. The number of nitrogens with one attached hydrogen (secondary N) is 1. The first-order chi connectivity index (χ1) is 8.37. The van der Waals surface area contributed by atoms with Gasteiger partial charge in [0.1, 0.15) is 5.82 Å². The third kappa shape index (κ3) is 2.79. The Hall–Kier alpha value is -1.63. The summed E-state index contributed by atoms with van der Waals surface area (Å²) >= 11 is 0. The van der Waals surface area contributed by atoms with Crippen LogP contribution in [0.3, 0.4) is 0 Å². The molecule has 1 aliphatic rings. The maximum absolute atomic E-state index is 11.5. The highest BCUT2D eigenvalue weighted by Crippen LogP contribution is 2.21. The molecule has 0 aromatic carbocycles. The van der Waals surface area contributed by atoms with Gasteiger partial charge >= 0.3 is 5.97 Å². The second kappa shape index (κ2) is 4.56. The monoisotopic (exact) mass is 270 g/mol. The minimum absolute atomic E-state index is 0.00900. The van der Waals surface area contributed by atoms with E-state index >= 15 is 0 Å². The van der Waals surface area contributed by atoms with Gasteiger partial charge in [-0.2, -0.15) is 0 Å². The van der Waals surface area contributed by atoms with Crippen LogP contribution in [0, 0.1) is 5.92 Å². The Labute approximate surface area is 105 Å². The second-order valence-corrected chi connectivity index (χ2v) is 6.67. The van der Waals surface area contributed by atoms with Crippen LogP contribution in [-0.2, 0) is 9.84 Å². The van der Waals surface area contributed by atoms with Gasteiger partial charge in [-0.15, -0.1) is 0 Å². The summed E-state index contributed by atoms with van der Waals surface area (Å²) in [7, 11) is -3.00. The number of carboxylic acid groups (broad SMARTS) is 1. The molecule has 0 bridgehead atoms. The number of hydrogen-bond donors (Lipinski definition) is 2. The van der Waals surface area contributed by atoms with Crippen molar-refractivity contribution in [3.05, 3.63) is 23.9 Å². The van der Waals surface area contributed by atoms with E-state index in [4.69, 9.17) is 5.11 Å². The fourth-order valence-corrected chi connectivity index (χ4v) is 4.16. The van der Waals surface area contributed by atoms with Crippen LogP contribution in [0.5, 0.6) is 0 Å². The topological polar surface area (TPSA) is 96.4 Å². The van der Waals surface area contributed by atoms with E-state index in [2.05, 4.69) is 10.3 Å². The number of hydrogen-bond acceptors (Lipinski definition) is 5. The molecule has 6 nitrogen and oxygen atoms in total. The SMILES string of the molecule is C[C@H]1CS(=O)(=O)C[C@H]1Nc1cccc(C(=O)O)n1. The molecule has 1 fully saturated rings. The highest BCUT2D eigenvalue weighted by Gasteiger charge is 2.34. The molecule has 98 valence electrons. The van der Waals surface area contributed by atoms with Gasteiger partial charge in [-0.05, 0) is 18.1 Å². The Balaban J connectivity index is 2.15. The van der Waals surface area contributed by atoms with Gasteiger partial charge in [0.2, 0.25) is 0 Å². The summed E-state index contributed by atoms with van der Waals surface area (Å²) in [6.07, 6.45) is 0. The molecule has 2 heterocycles. The van der Waals surface area contributed by atoms with Gasteiger partial charge in [0, 0.05) is 6.04 Å². The lowest BCUT2D eigenvalue weighted by Gasteiger charge is -2.16. The van der Waals surface area contributed by atoms with Crippen molar-refractivity contribution in [3.63, 3.8) is 0 Å². The lowest BCUT2D eigenvalue weighted by Crippen LogP contribution is -2.26. The van der Waals surface area contributed by atoms with E-state index in [-0.39, 0.29) is 29.2 Å². The number of carboxylic acids is 1. The number of aromatic nitrogens is 1. The van der Waals surface area contributed by atoms with E-state index in [0.29, 0.717) is 5.82 Å². The molecule has 2 atom stereocenters. The first-order valence-corrected chi connectivity index (χ1v) is 7.37. The zero-order valence-electron chi connectivity index (χ0n) is 9.83. The maximum Gasteiger partial charge on any atom is 0.354 e. The smallest absolute Gasteiger partial charge is 0.354 e. The highest BCUT2D eigenvalue weighted by molar-refractivity contribution is 7.91. The van der Waals surface area contributed by atoms with E-state index in [1.165, 1.54) is 6.07 Å². The minimum atomic E-state index is -3.00. The summed E-state index contributed by atoms with van der Waals surface area (Å²) in [6.45, 7) is 1.85. The zero-order chi connectivity index (χ0) is 13.3. The molecule has 0 saturated carbocycles. The molecule has 7 heteroatoms. The van der Waals surface area contributed by atoms with Crippen molar-refractivity contribution in [2.45, 2.75) is 13.0 Å². The molecule has 1 saturated heterocycles. The average Bonchev–Trinajstić information content (AvgIpc) is 2.52. The van der Waals surface area contributed by atoms with Crippen molar-refractivity contribution in [2.24, 2.45) is 5.92 Å². The third-order valence-electron chi connectivity index (χ3n) is 2.94. The number of carbonyl (C=O) groups is 1. The standard InChI is InChI=1S/C11H14N2O4S/c1-7-5-18(16,17)6-9(7)13-10-4-2-3-8(12-10)11(14)15/h2-4,7,9H,5-6H2,1H3,(H,12,13)(H,14,15)/t7-,9+/m0/s1. The number of sulfone groups is 1. The fourth-order valence-electron chi connectivity index (χ4n) is 2.03. The summed E-state index contributed by atoms with van der Waals surface area (Å²) in [5, 5.41) is 11.8. The Morgan fingerprint density at radius 1 is 1.44 bits per heavy atom. The summed E-state index contributed by atoms with van der Waals surface area (Å²) in [6, 6.07) is 4.38. The van der Waals surface area contributed by atoms with Crippen molar-refractivity contribution in [2.75, 3.05) is 16.8 Å². The third-order valence-corrected chi connectivity index (χ3v) is 4.84. The van der Waals surface area contributed by atoms with Crippen LogP contribution in [0.15, 0.2) is 18.2 Å². The van der Waals surface area contributed by atoms with Gasteiger partial charge in [0.15, 0.2) is 15.5 Å². The molecule has 2 N–H and O–H groups in total. The molecule has 0 unspecified atom stereocenters. The lowest BCUT2D eigenvalue weighted by atomic mass is 10.1. The summed E-state index contributed by atoms with van der Waals surface area (Å²) in [5.41, 5.74) is -0.0616. The molecule has 0 amide bonds. The highest BCUT2D eigenvalue weighted by atomic mass is 32.2.